The van der Waals surface area contributed by atoms with Crippen LogP contribution in [-0.4, -0.2) is 12.0 Å². The zero-order valence-corrected chi connectivity index (χ0v) is 10.5. The summed E-state index contributed by atoms with van der Waals surface area (Å²) >= 11 is 1.77. The Morgan fingerprint density at radius 3 is 2.73 bits per heavy atom. The number of hydrogen-bond acceptors (Lipinski definition) is 3. The Morgan fingerprint density at radius 1 is 1.40 bits per heavy atom. The van der Waals surface area contributed by atoms with E-state index in [0.717, 1.165) is 11.0 Å². The normalized spacial score (nSPS) is 17.2. The van der Waals surface area contributed by atoms with Gasteiger partial charge in [0, 0.05) is 11.9 Å². The number of thiazole rings is 1. The van der Waals surface area contributed by atoms with Crippen LogP contribution < -0.4 is 5.32 Å². The minimum atomic E-state index is 0.976. The molecule has 1 fully saturated rings. The topological polar surface area (TPSA) is 24.9 Å². The molecule has 1 aromatic heterocycles. The second-order valence-corrected chi connectivity index (χ2v) is 5.66. The summed E-state index contributed by atoms with van der Waals surface area (Å²) in [5, 5.41) is 4.19. The average Bonchev–Trinajstić information content (AvgIpc) is 2.84. The van der Waals surface area contributed by atoms with Crippen molar-refractivity contribution in [3.05, 3.63) is 10.6 Å². The fourth-order valence-electron chi connectivity index (χ4n) is 2.41. The number of aryl methyl sites for hydroxylation is 2. The molecule has 0 amide bonds. The van der Waals surface area contributed by atoms with E-state index < -0.39 is 0 Å². The van der Waals surface area contributed by atoms with Gasteiger partial charge >= 0.3 is 0 Å². The van der Waals surface area contributed by atoms with E-state index in [4.69, 9.17) is 0 Å². The molecule has 1 N–H and O–H groups in total. The fraction of sp³-hybridized carbons (Fsp3) is 0.750. The van der Waals surface area contributed by atoms with E-state index >= 15 is 0 Å². The Labute approximate surface area is 96.1 Å². The maximum Gasteiger partial charge on any atom is 0.182 e. The largest absolute Gasteiger partial charge is 0.365 e. The van der Waals surface area contributed by atoms with Gasteiger partial charge in [-0.3, -0.25) is 0 Å². The quantitative estimate of drug-likeness (QED) is 0.845. The molecule has 84 valence electrons. The summed E-state index contributed by atoms with van der Waals surface area (Å²) in [7, 11) is 1.94. The van der Waals surface area contributed by atoms with Gasteiger partial charge in [0.2, 0.25) is 0 Å². The smallest absolute Gasteiger partial charge is 0.182 e. The van der Waals surface area contributed by atoms with Gasteiger partial charge in [0.25, 0.3) is 0 Å². The van der Waals surface area contributed by atoms with Gasteiger partial charge in [-0.1, -0.05) is 25.7 Å². The SMILES string of the molecule is CNc1nc(CCC2CCCC2)c(C)s1. The van der Waals surface area contributed by atoms with Crippen LogP contribution in [0.25, 0.3) is 0 Å². The highest BCUT2D eigenvalue weighted by molar-refractivity contribution is 7.15. The van der Waals surface area contributed by atoms with Crippen molar-refractivity contribution in [1.29, 1.82) is 0 Å². The van der Waals surface area contributed by atoms with Crippen LogP contribution in [0.3, 0.4) is 0 Å². The lowest BCUT2D eigenvalue weighted by molar-refractivity contribution is 0.501. The first-order valence-corrected chi connectivity index (χ1v) is 6.75. The zero-order valence-electron chi connectivity index (χ0n) is 9.68. The molecule has 3 heteroatoms. The lowest BCUT2D eigenvalue weighted by Gasteiger charge is -2.06. The summed E-state index contributed by atoms with van der Waals surface area (Å²) in [6.45, 7) is 2.18. The van der Waals surface area contributed by atoms with Gasteiger partial charge in [0.05, 0.1) is 5.69 Å². The second kappa shape index (κ2) is 4.97. The molecule has 1 saturated carbocycles. The summed E-state index contributed by atoms with van der Waals surface area (Å²) in [6.07, 6.45) is 8.30. The summed E-state index contributed by atoms with van der Waals surface area (Å²) in [6, 6.07) is 0. The molecule has 0 aromatic carbocycles. The molecule has 1 aliphatic rings. The standard InChI is InChI=1S/C12H20N2S/c1-9-11(14-12(13-2)15-9)8-7-10-5-3-4-6-10/h10H,3-8H2,1-2H3,(H,13,14). The molecule has 2 rings (SSSR count). The van der Waals surface area contributed by atoms with Crippen molar-refractivity contribution in [3.8, 4) is 0 Å². The van der Waals surface area contributed by atoms with Crippen LogP contribution in [0.1, 0.15) is 42.7 Å². The molecule has 1 heterocycles. The van der Waals surface area contributed by atoms with Crippen LogP contribution >= 0.6 is 11.3 Å². The van der Waals surface area contributed by atoms with Crippen LogP contribution in [0.15, 0.2) is 0 Å². The minimum Gasteiger partial charge on any atom is -0.365 e. The summed E-state index contributed by atoms with van der Waals surface area (Å²) in [5.74, 6) is 0.976. The van der Waals surface area contributed by atoms with Crippen molar-refractivity contribution >= 4 is 16.5 Å². The fourth-order valence-corrected chi connectivity index (χ4v) is 3.22. The monoisotopic (exact) mass is 224 g/mol. The molecule has 1 aliphatic carbocycles. The maximum atomic E-state index is 4.60. The zero-order chi connectivity index (χ0) is 10.7. The number of nitrogens with zero attached hydrogens (tertiary/aromatic N) is 1. The second-order valence-electron chi connectivity index (χ2n) is 4.46. The van der Waals surface area contributed by atoms with Crippen LogP contribution in [0.5, 0.6) is 0 Å². The van der Waals surface area contributed by atoms with E-state index in [-0.39, 0.29) is 0 Å². The molecule has 2 nitrogen and oxygen atoms in total. The molecule has 0 spiro atoms. The van der Waals surface area contributed by atoms with Gasteiger partial charge in [-0.2, -0.15) is 0 Å². The van der Waals surface area contributed by atoms with E-state index in [2.05, 4.69) is 17.2 Å². The van der Waals surface area contributed by atoms with Gasteiger partial charge in [-0.05, 0) is 25.7 Å². The number of hydrogen-bond donors (Lipinski definition) is 1. The van der Waals surface area contributed by atoms with E-state index in [1.807, 2.05) is 7.05 Å². The van der Waals surface area contributed by atoms with E-state index in [1.54, 1.807) is 11.3 Å². The van der Waals surface area contributed by atoms with Gasteiger partial charge in [-0.25, -0.2) is 4.98 Å². The molecule has 0 radical (unpaired) electrons. The molecule has 15 heavy (non-hydrogen) atoms. The molecule has 1 aromatic rings. The van der Waals surface area contributed by atoms with Crippen LogP contribution in [-0.2, 0) is 6.42 Å². The lowest BCUT2D eigenvalue weighted by Crippen LogP contribution is -1.98. The summed E-state index contributed by atoms with van der Waals surface area (Å²) in [4.78, 5) is 5.98. The first-order valence-electron chi connectivity index (χ1n) is 5.93. The first kappa shape index (κ1) is 10.9. The van der Waals surface area contributed by atoms with Crippen molar-refractivity contribution in [1.82, 2.24) is 4.98 Å². The Bertz CT molecular complexity index is 313. The third-order valence-corrected chi connectivity index (χ3v) is 4.40. The van der Waals surface area contributed by atoms with E-state index in [9.17, 15) is 0 Å². The highest BCUT2D eigenvalue weighted by Gasteiger charge is 2.16. The van der Waals surface area contributed by atoms with Crippen LogP contribution in [0, 0.1) is 12.8 Å². The lowest BCUT2D eigenvalue weighted by atomic mass is 10.0. The third-order valence-electron chi connectivity index (χ3n) is 3.37. The number of rotatable bonds is 4. The predicted molar refractivity (Wildman–Crippen MR) is 66.7 cm³/mol. The maximum absolute atomic E-state index is 4.60. The van der Waals surface area contributed by atoms with Crippen molar-refractivity contribution < 1.29 is 0 Å². The predicted octanol–water partition coefficient (Wildman–Crippen LogP) is 3.62. The van der Waals surface area contributed by atoms with Crippen molar-refractivity contribution in [3.63, 3.8) is 0 Å². The Morgan fingerprint density at radius 2 is 2.13 bits per heavy atom. The molecular weight excluding hydrogens is 204 g/mol. The minimum absolute atomic E-state index is 0.976. The average molecular weight is 224 g/mol. The van der Waals surface area contributed by atoms with E-state index in [0.29, 0.717) is 0 Å². The number of nitrogens with one attached hydrogen (secondary N) is 1. The van der Waals surface area contributed by atoms with Crippen LogP contribution in [0.2, 0.25) is 0 Å². The van der Waals surface area contributed by atoms with Crippen LogP contribution in [0.4, 0.5) is 5.13 Å². The molecular formula is C12H20N2S. The Hall–Kier alpha value is -0.570. The van der Waals surface area contributed by atoms with Gasteiger partial charge in [-0.15, -0.1) is 11.3 Å². The molecule has 0 unspecified atom stereocenters. The first-order chi connectivity index (χ1) is 7.29. The van der Waals surface area contributed by atoms with Gasteiger partial charge < -0.3 is 5.32 Å². The summed E-state index contributed by atoms with van der Waals surface area (Å²) < 4.78 is 0. The number of aromatic nitrogens is 1. The Balaban J connectivity index is 1.89. The number of anilines is 1. The molecule has 0 atom stereocenters. The molecule has 0 aliphatic heterocycles. The Kier molecular flexibility index (Phi) is 3.62. The van der Waals surface area contributed by atoms with Crippen molar-refractivity contribution in [2.75, 3.05) is 12.4 Å². The van der Waals surface area contributed by atoms with Gasteiger partial charge in [0.15, 0.2) is 5.13 Å². The third kappa shape index (κ3) is 2.71. The van der Waals surface area contributed by atoms with E-state index in [1.165, 1.54) is 49.1 Å². The highest BCUT2D eigenvalue weighted by atomic mass is 32.1. The molecule has 0 saturated heterocycles. The van der Waals surface area contributed by atoms with Crippen molar-refractivity contribution in [2.24, 2.45) is 5.92 Å². The van der Waals surface area contributed by atoms with Gasteiger partial charge in [0.1, 0.15) is 0 Å². The molecule has 0 bridgehead atoms. The highest BCUT2D eigenvalue weighted by Crippen LogP contribution is 2.30. The van der Waals surface area contributed by atoms with Crippen molar-refractivity contribution in [2.45, 2.75) is 45.4 Å². The summed E-state index contributed by atoms with van der Waals surface area (Å²) in [5.41, 5.74) is 1.32.